The van der Waals surface area contributed by atoms with Crippen LogP contribution in [0.2, 0.25) is 5.02 Å². The van der Waals surface area contributed by atoms with Gasteiger partial charge < -0.3 is 20.1 Å². The maximum atomic E-state index is 12.6. The van der Waals surface area contributed by atoms with E-state index in [1.807, 2.05) is 61.5 Å². The van der Waals surface area contributed by atoms with Gasteiger partial charge in [-0.1, -0.05) is 70.5 Å². The summed E-state index contributed by atoms with van der Waals surface area (Å²) in [5.41, 5.74) is 3.82. The van der Waals surface area contributed by atoms with Gasteiger partial charge in [-0.15, -0.1) is 0 Å². The summed E-state index contributed by atoms with van der Waals surface area (Å²) in [7, 11) is 0. The highest BCUT2D eigenvalue weighted by atomic mass is 79.9. The zero-order chi connectivity index (χ0) is 24.8. The van der Waals surface area contributed by atoms with Gasteiger partial charge >= 0.3 is 0 Å². The zero-order valence-corrected chi connectivity index (χ0v) is 22.6. The maximum absolute atomic E-state index is 12.6. The highest BCUT2D eigenvalue weighted by Crippen LogP contribution is 2.38. The number of hydrogen-bond donors (Lipinski definition) is 2. The molecule has 8 heteroatoms. The Bertz CT molecular complexity index is 1220. The van der Waals surface area contributed by atoms with Crippen LogP contribution in [0.15, 0.2) is 70.0 Å². The van der Waals surface area contributed by atoms with Crippen molar-refractivity contribution in [3.05, 3.63) is 91.8 Å². The van der Waals surface area contributed by atoms with Gasteiger partial charge in [-0.25, -0.2) is 0 Å². The van der Waals surface area contributed by atoms with Crippen molar-refractivity contribution >= 4 is 57.0 Å². The molecule has 0 saturated carbocycles. The smallest absolute Gasteiger partial charge is 0.260 e. The molecule has 0 unspecified atom stereocenters. The van der Waals surface area contributed by atoms with Gasteiger partial charge in [0.1, 0.15) is 6.61 Å². The van der Waals surface area contributed by atoms with E-state index in [9.17, 15) is 4.79 Å². The lowest BCUT2D eigenvalue weighted by atomic mass is 10.1. The summed E-state index contributed by atoms with van der Waals surface area (Å²) in [4.78, 5) is 13.2. The zero-order valence-electron chi connectivity index (χ0n) is 19.4. The molecule has 1 fully saturated rings. The fourth-order valence-corrected chi connectivity index (χ4v) is 5.02. The molecule has 1 aliphatic heterocycles. The van der Waals surface area contributed by atoms with Crippen LogP contribution in [0.25, 0.3) is 6.08 Å². The van der Waals surface area contributed by atoms with Crippen LogP contribution < -0.4 is 20.1 Å². The van der Waals surface area contributed by atoms with E-state index in [2.05, 4.69) is 45.6 Å². The summed E-state index contributed by atoms with van der Waals surface area (Å²) in [5, 5.41) is 7.02. The molecule has 0 aliphatic carbocycles. The molecule has 0 radical (unpaired) electrons. The molecule has 182 valence electrons. The highest BCUT2D eigenvalue weighted by molar-refractivity contribution is 9.10. The van der Waals surface area contributed by atoms with Crippen LogP contribution >= 0.6 is 39.3 Å². The van der Waals surface area contributed by atoms with Crippen LogP contribution in [0, 0.1) is 0 Å². The van der Waals surface area contributed by atoms with Gasteiger partial charge in [0.05, 0.1) is 11.5 Å². The van der Waals surface area contributed by atoms with Gasteiger partial charge in [-0.05, 0) is 72.5 Å². The summed E-state index contributed by atoms with van der Waals surface area (Å²) < 4.78 is 12.7. The Hall–Kier alpha value is -2.61. The van der Waals surface area contributed by atoms with Gasteiger partial charge in [0.25, 0.3) is 5.91 Å². The molecule has 2 N–H and O–H groups in total. The van der Waals surface area contributed by atoms with Crippen molar-refractivity contribution in [2.75, 3.05) is 11.9 Å². The quantitative estimate of drug-likeness (QED) is 0.264. The Morgan fingerprint density at radius 2 is 1.71 bits per heavy atom. The van der Waals surface area contributed by atoms with E-state index in [1.165, 1.54) is 17.3 Å². The van der Waals surface area contributed by atoms with Crippen LogP contribution in [0.4, 0.5) is 5.69 Å². The van der Waals surface area contributed by atoms with Gasteiger partial charge in [-0.3, -0.25) is 4.79 Å². The number of rotatable bonds is 9. The molecule has 1 amide bonds. The Labute approximate surface area is 223 Å². The van der Waals surface area contributed by atoms with Gasteiger partial charge in [0, 0.05) is 15.2 Å². The second-order valence-electron chi connectivity index (χ2n) is 7.84. The second kappa shape index (κ2) is 11.9. The molecular weight excluding hydrogens is 548 g/mol. The van der Waals surface area contributed by atoms with E-state index >= 15 is 0 Å². The standard InChI is InChI=1S/C27H26BrClN2O3S/c1-3-17-7-11-21(12-8-17)30-27-31-26(32)25(35-27)14-19-13-23(33-4-2)24(15-22(19)28)34-16-18-5-9-20(29)10-6-18/h5-15,27,30H,3-4,16H2,1-2H3,(H,31,32)/b25-14-/t27-/m0/s1. The minimum absolute atomic E-state index is 0.120. The average molecular weight is 574 g/mol. The van der Waals surface area contributed by atoms with Gasteiger partial charge in [0.15, 0.2) is 17.0 Å². The predicted octanol–water partition coefficient (Wildman–Crippen LogP) is 7.24. The number of anilines is 1. The first kappa shape index (κ1) is 25.5. The minimum atomic E-state index is -0.242. The number of carbonyl (C=O) groups excluding carboxylic acids is 1. The fraction of sp³-hybridized carbons (Fsp3) is 0.222. The number of amides is 1. The number of carbonyl (C=O) groups is 1. The fourth-order valence-electron chi connectivity index (χ4n) is 3.48. The molecule has 4 rings (SSSR count). The number of hydrogen-bond acceptors (Lipinski definition) is 5. The van der Waals surface area contributed by atoms with Crippen molar-refractivity contribution in [1.82, 2.24) is 5.32 Å². The number of ether oxygens (including phenoxy) is 2. The van der Waals surface area contributed by atoms with Crippen molar-refractivity contribution in [3.63, 3.8) is 0 Å². The number of thioether (sulfide) groups is 1. The summed E-state index contributed by atoms with van der Waals surface area (Å²) in [6, 6.07) is 19.5. The Morgan fingerprint density at radius 3 is 2.40 bits per heavy atom. The molecule has 0 spiro atoms. The number of benzene rings is 3. The van der Waals surface area contributed by atoms with Crippen LogP contribution in [-0.2, 0) is 17.8 Å². The molecule has 1 aliphatic rings. The SMILES string of the molecule is CCOc1cc(/C=C2\S[C@@H](Nc3ccc(CC)cc3)NC2=O)c(Br)cc1OCc1ccc(Cl)cc1. The Kier molecular flexibility index (Phi) is 8.65. The van der Waals surface area contributed by atoms with Crippen molar-refractivity contribution < 1.29 is 14.3 Å². The summed E-state index contributed by atoms with van der Waals surface area (Å²) in [6.45, 7) is 4.93. The number of nitrogens with one attached hydrogen (secondary N) is 2. The molecule has 0 bridgehead atoms. The topological polar surface area (TPSA) is 59.6 Å². The van der Waals surface area contributed by atoms with Crippen molar-refractivity contribution in [1.29, 1.82) is 0 Å². The normalized spacial score (nSPS) is 16.3. The number of halogens is 2. The molecule has 1 atom stereocenters. The van der Waals surface area contributed by atoms with Crippen LogP contribution in [0.1, 0.15) is 30.5 Å². The first-order valence-electron chi connectivity index (χ1n) is 11.3. The van der Waals surface area contributed by atoms with E-state index in [4.69, 9.17) is 21.1 Å². The third-order valence-corrected chi connectivity index (χ3v) is 7.32. The first-order chi connectivity index (χ1) is 16.9. The third-order valence-electron chi connectivity index (χ3n) is 5.35. The Balaban J connectivity index is 1.49. The largest absolute Gasteiger partial charge is 0.490 e. The van der Waals surface area contributed by atoms with Crippen molar-refractivity contribution in [3.8, 4) is 11.5 Å². The summed E-state index contributed by atoms with van der Waals surface area (Å²) in [5.74, 6) is 1.12. The lowest BCUT2D eigenvalue weighted by Crippen LogP contribution is -2.30. The van der Waals surface area contributed by atoms with Gasteiger partial charge in [-0.2, -0.15) is 0 Å². The summed E-state index contributed by atoms with van der Waals surface area (Å²) in [6.07, 6.45) is 2.85. The lowest BCUT2D eigenvalue weighted by Gasteiger charge is -2.14. The molecule has 5 nitrogen and oxygen atoms in total. The summed E-state index contributed by atoms with van der Waals surface area (Å²) >= 11 is 11.0. The van der Waals surface area contributed by atoms with E-state index in [-0.39, 0.29) is 11.4 Å². The first-order valence-corrected chi connectivity index (χ1v) is 13.4. The predicted molar refractivity (Wildman–Crippen MR) is 148 cm³/mol. The molecular formula is C27H26BrClN2O3S. The molecule has 3 aromatic rings. The van der Waals surface area contributed by atoms with E-state index < -0.39 is 0 Å². The van der Waals surface area contributed by atoms with Gasteiger partial charge in [0.2, 0.25) is 0 Å². The lowest BCUT2D eigenvalue weighted by molar-refractivity contribution is -0.116. The maximum Gasteiger partial charge on any atom is 0.260 e. The van der Waals surface area contributed by atoms with Crippen molar-refractivity contribution in [2.45, 2.75) is 32.4 Å². The van der Waals surface area contributed by atoms with Crippen molar-refractivity contribution in [2.24, 2.45) is 0 Å². The molecule has 1 saturated heterocycles. The van der Waals surface area contributed by atoms with Crippen LogP contribution in [0.5, 0.6) is 11.5 Å². The van der Waals surface area contributed by atoms with Crippen LogP contribution in [0.3, 0.4) is 0 Å². The average Bonchev–Trinajstić information content (AvgIpc) is 3.20. The van der Waals surface area contributed by atoms with Crippen LogP contribution in [-0.4, -0.2) is 18.0 Å². The third kappa shape index (κ3) is 6.75. The molecule has 35 heavy (non-hydrogen) atoms. The van der Waals surface area contributed by atoms with E-state index in [0.29, 0.717) is 34.6 Å². The molecule has 0 aromatic heterocycles. The van der Waals surface area contributed by atoms with E-state index in [1.54, 1.807) is 0 Å². The minimum Gasteiger partial charge on any atom is -0.490 e. The molecule has 3 aromatic carbocycles. The monoisotopic (exact) mass is 572 g/mol. The Morgan fingerprint density at radius 1 is 1.03 bits per heavy atom. The molecule has 1 heterocycles. The second-order valence-corrected chi connectivity index (χ2v) is 10.3. The highest BCUT2D eigenvalue weighted by Gasteiger charge is 2.27. The number of aryl methyl sites for hydroxylation is 1. The van der Waals surface area contributed by atoms with E-state index in [0.717, 1.165) is 27.7 Å².